The first-order valence-electron chi connectivity index (χ1n) is 8.38. The first-order chi connectivity index (χ1) is 10.2. The van der Waals surface area contributed by atoms with E-state index >= 15 is 0 Å². The van der Waals surface area contributed by atoms with Gasteiger partial charge in [-0.2, -0.15) is 5.26 Å². The third kappa shape index (κ3) is 2.72. The molecule has 1 unspecified atom stereocenters. The number of rotatable bonds is 4. The van der Waals surface area contributed by atoms with Gasteiger partial charge in [-0.25, -0.2) is 0 Å². The maximum Gasteiger partial charge on any atom is 0.0979 e. The van der Waals surface area contributed by atoms with Gasteiger partial charge < -0.3 is 5.11 Å². The van der Waals surface area contributed by atoms with Gasteiger partial charge in [0.2, 0.25) is 0 Å². The normalized spacial score (nSPS) is 30.6. The van der Waals surface area contributed by atoms with Crippen LogP contribution in [0.4, 0.5) is 0 Å². The van der Waals surface area contributed by atoms with Gasteiger partial charge >= 0.3 is 0 Å². The van der Waals surface area contributed by atoms with Crippen LogP contribution in [0.5, 0.6) is 0 Å². The molecule has 0 radical (unpaired) electrons. The second-order valence-electron chi connectivity index (χ2n) is 6.93. The highest BCUT2D eigenvalue weighted by atomic mass is 16.3. The molecule has 0 aliphatic heterocycles. The lowest BCUT2D eigenvalue weighted by atomic mass is 9.66. The monoisotopic (exact) mass is 283 g/mol. The fourth-order valence-electron chi connectivity index (χ4n) is 3.87. The molecule has 1 atom stereocenters. The van der Waals surface area contributed by atoms with E-state index in [0.717, 1.165) is 37.2 Å². The third-order valence-electron chi connectivity index (χ3n) is 5.63. The van der Waals surface area contributed by atoms with Gasteiger partial charge in [0.15, 0.2) is 0 Å². The van der Waals surface area contributed by atoms with E-state index in [-0.39, 0.29) is 0 Å². The molecule has 2 fully saturated rings. The van der Waals surface area contributed by atoms with Crippen molar-refractivity contribution in [2.24, 2.45) is 11.3 Å². The van der Waals surface area contributed by atoms with Gasteiger partial charge in [-0.05, 0) is 61.5 Å². The summed E-state index contributed by atoms with van der Waals surface area (Å²) in [5.41, 5.74) is 1.71. The molecule has 2 saturated carbocycles. The van der Waals surface area contributed by atoms with Crippen LogP contribution in [0.15, 0.2) is 24.3 Å². The minimum Gasteiger partial charge on any atom is -0.387 e. The van der Waals surface area contributed by atoms with Crippen LogP contribution in [-0.4, -0.2) is 5.11 Å². The highest BCUT2D eigenvalue weighted by molar-refractivity contribution is 5.37. The van der Waals surface area contributed by atoms with Crippen LogP contribution in [0, 0.1) is 22.7 Å². The summed E-state index contributed by atoms with van der Waals surface area (Å²) in [5, 5.41) is 20.8. The molecule has 1 aromatic rings. The molecular weight excluding hydrogens is 258 g/mol. The summed E-state index contributed by atoms with van der Waals surface area (Å²) in [6.45, 7) is 2.23. The number of hydrogen-bond donors (Lipinski definition) is 1. The van der Waals surface area contributed by atoms with E-state index < -0.39 is 11.5 Å². The minimum atomic E-state index is -0.628. The van der Waals surface area contributed by atoms with Crippen LogP contribution in [0.1, 0.15) is 75.0 Å². The largest absolute Gasteiger partial charge is 0.387 e. The Hall–Kier alpha value is -1.33. The van der Waals surface area contributed by atoms with Crippen molar-refractivity contribution in [2.75, 3.05) is 0 Å². The number of nitriles is 1. The van der Waals surface area contributed by atoms with Crippen LogP contribution in [-0.2, 0) is 0 Å². The molecule has 0 bridgehead atoms. The SMILES string of the molecule is CCC1CCC(C#N)(C(O)c2ccccc2C2CC2)CC1. The molecule has 1 N–H and O–H groups in total. The van der Waals surface area contributed by atoms with Crippen LogP contribution < -0.4 is 0 Å². The predicted octanol–water partition coefficient (Wildman–Crippen LogP) is 4.71. The van der Waals surface area contributed by atoms with Crippen LogP contribution in [0.2, 0.25) is 0 Å². The zero-order valence-electron chi connectivity index (χ0n) is 12.9. The highest BCUT2D eigenvalue weighted by Crippen LogP contribution is 2.51. The van der Waals surface area contributed by atoms with Gasteiger partial charge in [-0.3, -0.25) is 0 Å². The van der Waals surface area contributed by atoms with E-state index in [9.17, 15) is 10.4 Å². The van der Waals surface area contributed by atoms with E-state index in [1.807, 2.05) is 12.1 Å². The van der Waals surface area contributed by atoms with E-state index in [1.54, 1.807) is 0 Å². The van der Waals surface area contributed by atoms with E-state index in [2.05, 4.69) is 25.1 Å². The first-order valence-corrected chi connectivity index (χ1v) is 8.38. The Morgan fingerprint density at radius 2 is 1.90 bits per heavy atom. The standard InChI is InChI=1S/C19H25NO/c1-2-14-9-11-19(13-20,12-10-14)18(21)17-6-4-3-5-16(17)15-7-8-15/h3-6,14-15,18,21H,2,7-12H2,1H3. The molecule has 3 rings (SSSR count). The lowest BCUT2D eigenvalue weighted by Crippen LogP contribution is -2.33. The summed E-state index contributed by atoms with van der Waals surface area (Å²) in [4.78, 5) is 0. The predicted molar refractivity (Wildman–Crippen MR) is 83.7 cm³/mol. The summed E-state index contributed by atoms with van der Waals surface area (Å²) in [6, 6.07) is 10.7. The van der Waals surface area contributed by atoms with E-state index in [0.29, 0.717) is 5.92 Å². The maximum absolute atomic E-state index is 11.0. The molecule has 0 aromatic heterocycles. The van der Waals surface area contributed by atoms with Gasteiger partial charge in [0, 0.05) is 0 Å². The van der Waals surface area contributed by atoms with Gasteiger partial charge in [-0.15, -0.1) is 0 Å². The minimum absolute atomic E-state index is 0.573. The summed E-state index contributed by atoms with van der Waals surface area (Å²) < 4.78 is 0. The molecule has 2 heteroatoms. The summed E-state index contributed by atoms with van der Waals surface area (Å²) >= 11 is 0. The number of nitrogens with zero attached hydrogens (tertiary/aromatic N) is 1. The molecule has 0 saturated heterocycles. The number of aliphatic hydroxyl groups excluding tert-OH is 1. The maximum atomic E-state index is 11.0. The molecule has 0 amide bonds. The average molecular weight is 283 g/mol. The van der Waals surface area contributed by atoms with E-state index in [4.69, 9.17) is 0 Å². The summed E-state index contributed by atoms with van der Waals surface area (Å²) in [5.74, 6) is 1.34. The van der Waals surface area contributed by atoms with Gasteiger partial charge in [-0.1, -0.05) is 37.6 Å². The van der Waals surface area contributed by atoms with Crippen molar-refractivity contribution in [2.45, 2.75) is 63.9 Å². The Bertz CT molecular complexity index is 533. The number of benzene rings is 1. The second kappa shape index (κ2) is 5.81. The fourth-order valence-corrected chi connectivity index (χ4v) is 3.87. The topological polar surface area (TPSA) is 44.0 Å². The number of hydrogen-bond acceptors (Lipinski definition) is 2. The molecule has 2 aliphatic rings. The molecule has 0 heterocycles. The van der Waals surface area contributed by atoms with Crippen molar-refractivity contribution >= 4 is 0 Å². The van der Waals surface area contributed by atoms with Crippen molar-refractivity contribution in [1.82, 2.24) is 0 Å². The lowest BCUT2D eigenvalue weighted by Gasteiger charge is -2.38. The lowest BCUT2D eigenvalue weighted by molar-refractivity contribution is 0.0237. The fraction of sp³-hybridized carbons (Fsp3) is 0.632. The first kappa shape index (κ1) is 14.6. The molecule has 1 aromatic carbocycles. The van der Waals surface area contributed by atoms with Gasteiger partial charge in [0.05, 0.1) is 17.6 Å². The Balaban J connectivity index is 1.86. The molecule has 2 nitrogen and oxygen atoms in total. The molecule has 112 valence electrons. The van der Waals surface area contributed by atoms with Gasteiger partial charge in [0.25, 0.3) is 0 Å². The molecule has 21 heavy (non-hydrogen) atoms. The Kier molecular flexibility index (Phi) is 4.04. The van der Waals surface area contributed by atoms with Crippen molar-refractivity contribution in [3.8, 4) is 6.07 Å². The summed E-state index contributed by atoms with van der Waals surface area (Å²) in [7, 11) is 0. The van der Waals surface area contributed by atoms with Gasteiger partial charge in [0.1, 0.15) is 0 Å². The highest BCUT2D eigenvalue weighted by Gasteiger charge is 2.43. The van der Waals surface area contributed by atoms with Crippen LogP contribution in [0.25, 0.3) is 0 Å². The molecule has 2 aliphatic carbocycles. The van der Waals surface area contributed by atoms with Crippen molar-refractivity contribution < 1.29 is 5.11 Å². The number of aliphatic hydroxyl groups is 1. The van der Waals surface area contributed by atoms with Crippen LogP contribution in [0.3, 0.4) is 0 Å². The van der Waals surface area contributed by atoms with Crippen molar-refractivity contribution in [1.29, 1.82) is 5.26 Å². The third-order valence-corrected chi connectivity index (χ3v) is 5.63. The Morgan fingerprint density at radius 1 is 1.24 bits per heavy atom. The van der Waals surface area contributed by atoms with Crippen LogP contribution >= 0.6 is 0 Å². The molecule has 0 spiro atoms. The van der Waals surface area contributed by atoms with Crippen molar-refractivity contribution in [3.63, 3.8) is 0 Å². The average Bonchev–Trinajstić information content (AvgIpc) is 3.39. The quantitative estimate of drug-likeness (QED) is 0.869. The van der Waals surface area contributed by atoms with E-state index in [1.165, 1.54) is 24.8 Å². The summed E-state index contributed by atoms with van der Waals surface area (Å²) in [6.07, 6.45) is 6.83. The van der Waals surface area contributed by atoms with Crippen molar-refractivity contribution in [3.05, 3.63) is 35.4 Å². The smallest absolute Gasteiger partial charge is 0.0979 e. The second-order valence-corrected chi connectivity index (χ2v) is 6.93. The zero-order valence-corrected chi connectivity index (χ0v) is 12.9. The Morgan fingerprint density at radius 3 is 2.48 bits per heavy atom. The zero-order chi connectivity index (χ0) is 14.9. The Labute approximate surface area is 127 Å². The molecular formula is C19H25NO.